The highest BCUT2D eigenvalue weighted by molar-refractivity contribution is 5.18. The van der Waals surface area contributed by atoms with Gasteiger partial charge >= 0.3 is 0 Å². The Labute approximate surface area is 96.7 Å². The SMILES string of the molecule is CC(C)Cc1nc(N)nc(C2CCCC2)n1. The number of nitrogen functional groups attached to an aromatic ring is 1. The molecule has 0 aliphatic heterocycles. The van der Waals surface area contributed by atoms with E-state index in [1.807, 2.05) is 0 Å². The Morgan fingerprint density at radius 2 is 1.88 bits per heavy atom. The van der Waals surface area contributed by atoms with Gasteiger partial charge in [0, 0.05) is 12.3 Å². The molecule has 2 rings (SSSR count). The normalized spacial score (nSPS) is 17.2. The predicted octanol–water partition coefficient (Wildman–Crippen LogP) is 2.31. The van der Waals surface area contributed by atoms with Crippen LogP contribution in [0.1, 0.15) is 57.1 Å². The van der Waals surface area contributed by atoms with Gasteiger partial charge in [-0.15, -0.1) is 0 Å². The molecule has 16 heavy (non-hydrogen) atoms. The Morgan fingerprint density at radius 3 is 2.50 bits per heavy atom. The molecule has 0 radical (unpaired) electrons. The quantitative estimate of drug-likeness (QED) is 0.849. The minimum absolute atomic E-state index is 0.382. The van der Waals surface area contributed by atoms with Crippen LogP contribution >= 0.6 is 0 Å². The van der Waals surface area contributed by atoms with Crippen LogP contribution in [-0.4, -0.2) is 15.0 Å². The van der Waals surface area contributed by atoms with Crippen LogP contribution in [0.4, 0.5) is 5.95 Å². The van der Waals surface area contributed by atoms with E-state index in [4.69, 9.17) is 5.73 Å². The lowest BCUT2D eigenvalue weighted by Crippen LogP contribution is -2.11. The highest BCUT2D eigenvalue weighted by Crippen LogP contribution is 2.32. The van der Waals surface area contributed by atoms with Crippen molar-refractivity contribution in [3.63, 3.8) is 0 Å². The van der Waals surface area contributed by atoms with E-state index in [0.717, 1.165) is 18.1 Å². The molecule has 1 aliphatic carbocycles. The smallest absolute Gasteiger partial charge is 0.223 e. The average molecular weight is 220 g/mol. The Hall–Kier alpha value is -1.19. The van der Waals surface area contributed by atoms with E-state index < -0.39 is 0 Å². The van der Waals surface area contributed by atoms with E-state index in [0.29, 0.717) is 17.8 Å². The Bertz CT molecular complexity index is 356. The monoisotopic (exact) mass is 220 g/mol. The summed E-state index contributed by atoms with van der Waals surface area (Å²) in [6.07, 6.45) is 5.85. The van der Waals surface area contributed by atoms with Crippen LogP contribution < -0.4 is 5.73 Å². The Balaban J connectivity index is 2.20. The zero-order chi connectivity index (χ0) is 11.5. The van der Waals surface area contributed by atoms with Crippen molar-refractivity contribution in [2.75, 3.05) is 5.73 Å². The van der Waals surface area contributed by atoms with E-state index >= 15 is 0 Å². The van der Waals surface area contributed by atoms with Crippen LogP contribution in [-0.2, 0) is 6.42 Å². The maximum Gasteiger partial charge on any atom is 0.223 e. The summed E-state index contributed by atoms with van der Waals surface area (Å²) in [6.45, 7) is 4.32. The van der Waals surface area contributed by atoms with E-state index in [1.165, 1.54) is 25.7 Å². The van der Waals surface area contributed by atoms with Gasteiger partial charge in [0.15, 0.2) is 0 Å². The fourth-order valence-corrected chi connectivity index (χ4v) is 2.28. The number of anilines is 1. The van der Waals surface area contributed by atoms with E-state index in [1.54, 1.807) is 0 Å². The third-order valence-corrected chi connectivity index (χ3v) is 3.03. The number of nitrogens with zero attached hydrogens (tertiary/aromatic N) is 3. The summed E-state index contributed by atoms with van der Waals surface area (Å²) in [5.41, 5.74) is 5.74. The van der Waals surface area contributed by atoms with Crippen LogP contribution in [0, 0.1) is 5.92 Å². The summed E-state index contributed by atoms with van der Waals surface area (Å²) in [5, 5.41) is 0. The molecule has 1 saturated carbocycles. The second kappa shape index (κ2) is 4.76. The molecule has 0 unspecified atom stereocenters. The van der Waals surface area contributed by atoms with Crippen molar-refractivity contribution in [1.29, 1.82) is 0 Å². The third-order valence-electron chi connectivity index (χ3n) is 3.03. The topological polar surface area (TPSA) is 64.7 Å². The summed E-state index contributed by atoms with van der Waals surface area (Å²) < 4.78 is 0. The highest BCUT2D eigenvalue weighted by atomic mass is 15.1. The van der Waals surface area contributed by atoms with Crippen molar-refractivity contribution in [1.82, 2.24) is 15.0 Å². The van der Waals surface area contributed by atoms with Gasteiger partial charge in [-0.1, -0.05) is 26.7 Å². The molecular weight excluding hydrogens is 200 g/mol. The van der Waals surface area contributed by atoms with Crippen LogP contribution in [0.5, 0.6) is 0 Å². The van der Waals surface area contributed by atoms with Gasteiger partial charge in [-0.3, -0.25) is 0 Å². The van der Waals surface area contributed by atoms with Crippen LogP contribution in [0.25, 0.3) is 0 Å². The molecule has 4 nitrogen and oxygen atoms in total. The van der Waals surface area contributed by atoms with Gasteiger partial charge in [0.1, 0.15) is 11.6 Å². The fourth-order valence-electron chi connectivity index (χ4n) is 2.28. The second-order valence-electron chi connectivity index (χ2n) is 5.05. The van der Waals surface area contributed by atoms with Gasteiger partial charge in [-0.05, 0) is 18.8 Å². The van der Waals surface area contributed by atoms with Crippen molar-refractivity contribution in [2.24, 2.45) is 5.92 Å². The maximum atomic E-state index is 5.74. The van der Waals surface area contributed by atoms with E-state index in [2.05, 4.69) is 28.8 Å². The molecule has 0 spiro atoms. The molecule has 1 fully saturated rings. The first-order valence-corrected chi connectivity index (χ1v) is 6.15. The molecule has 0 bridgehead atoms. The van der Waals surface area contributed by atoms with Crippen molar-refractivity contribution in [3.8, 4) is 0 Å². The van der Waals surface area contributed by atoms with Gasteiger partial charge in [0.2, 0.25) is 5.95 Å². The highest BCUT2D eigenvalue weighted by Gasteiger charge is 2.21. The minimum atomic E-state index is 0.382. The third kappa shape index (κ3) is 2.68. The van der Waals surface area contributed by atoms with Crippen LogP contribution in [0.15, 0.2) is 0 Å². The molecule has 0 amide bonds. The molecule has 1 aromatic rings. The second-order valence-corrected chi connectivity index (χ2v) is 5.05. The summed E-state index contributed by atoms with van der Waals surface area (Å²) in [7, 11) is 0. The molecular formula is C12H20N4. The predicted molar refractivity (Wildman–Crippen MR) is 64.0 cm³/mol. The Kier molecular flexibility index (Phi) is 3.36. The van der Waals surface area contributed by atoms with Gasteiger partial charge in [-0.25, -0.2) is 4.98 Å². The van der Waals surface area contributed by atoms with Crippen molar-refractivity contribution >= 4 is 5.95 Å². The number of aromatic nitrogens is 3. The minimum Gasteiger partial charge on any atom is -0.368 e. The summed E-state index contributed by atoms with van der Waals surface area (Å²) >= 11 is 0. The number of nitrogens with two attached hydrogens (primary N) is 1. The zero-order valence-electron chi connectivity index (χ0n) is 10.1. The molecule has 1 heterocycles. The first kappa shape index (κ1) is 11.3. The maximum absolute atomic E-state index is 5.74. The lowest BCUT2D eigenvalue weighted by Gasteiger charge is -2.10. The average Bonchev–Trinajstić information content (AvgIpc) is 2.67. The van der Waals surface area contributed by atoms with Crippen molar-refractivity contribution in [3.05, 3.63) is 11.6 Å². The first-order valence-electron chi connectivity index (χ1n) is 6.15. The fraction of sp³-hybridized carbons (Fsp3) is 0.750. The summed E-state index contributed by atoms with van der Waals surface area (Å²) in [5.74, 6) is 3.21. The van der Waals surface area contributed by atoms with Crippen LogP contribution in [0.2, 0.25) is 0 Å². The van der Waals surface area contributed by atoms with E-state index in [9.17, 15) is 0 Å². The Morgan fingerprint density at radius 1 is 1.19 bits per heavy atom. The molecule has 0 atom stereocenters. The van der Waals surface area contributed by atoms with Crippen molar-refractivity contribution < 1.29 is 0 Å². The summed E-state index contributed by atoms with van der Waals surface area (Å²) in [4.78, 5) is 13.0. The van der Waals surface area contributed by atoms with Gasteiger partial charge in [-0.2, -0.15) is 9.97 Å². The first-order chi connectivity index (χ1) is 7.65. The van der Waals surface area contributed by atoms with Gasteiger partial charge in [0.05, 0.1) is 0 Å². The van der Waals surface area contributed by atoms with E-state index in [-0.39, 0.29) is 0 Å². The number of rotatable bonds is 3. The molecule has 1 aromatic heterocycles. The largest absolute Gasteiger partial charge is 0.368 e. The molecule has 0 saturated heterocycles. The van der Waals surface area contributed by atoms with Gasteiger partial charge in [0.25, 0.3) is 0 Å². The molecule has 88 valence electrons. The zero-order valence-corrected chi connectivity index (χ0v) is 10.1. The number of hydrogen-bond donors (Lipinski definition) is 1. The van der Waals surface area contributed by atoms with Gasteiger partial charge < -0.3 is 5.73 Å². The lowest BCUT2D eigenvalue weighted by atomic mass is 10.1. The lowest BCUT2D eigenvalue weighted by molar-refractivity contribution is 0.596. The molecule has 4 heteroatoms. The molecule has 1 aliphatic rings. The van der Waals surface area contributed by atoms with Crippen LogP contribution in [0.3, 0.4) is 0 Å². The summed E-state index contributed by atoms with van der Waals surface area (Å²) in [6, 6.07) is 0. The molecule has 2 N–H and O–H groups in total. The standard InChI is InChI=1S/C12H20N4/c1-8(2)7-10-14-11(16-12(13)15-10)9-5-3-4-6-9/h8-9H,3-7H2,1-2H3,(H2,13,14,15,16). The van der Waals surface area contributed by atoms with Crippen molar-refractivity contribution in [2.45, 2.75) is 51.9 Å². The number of hydrogen-bond acceptors (Lipinski definition) is 4. The molecule has 0 aromatic carbocycles.